The van der Waals surface area contributed by atoms with E-state index in [1.54, 1.807) is 36.4 Å². The molecule has 0 radical (unpaired) electrons. The van der Waals surface area contributed by atoms with Crippen molar-refractivity contribution >= 4 is 56.2 Å². The van der Waals surface area contributed by atoms with Crippen molar-refractivity contribution in [2.24, 2.45) is 0 Å². The van der Waals surface area contributed by atoms with Gasteiger partial charge in [-0.05, 0) is 73.0 Å². The number of amides is 1. The van der Waals surface area contributed by atoms with Crippen LogP contribution in [0.25, 0.3) is 10.4 Å². The minimum atomic E-state index is -3.50. The van der Waals surface area contributed by atoms with Crippen molar-refractivity contribution in [1.82, 2.24) is 10.1 Å². The minimum absolute atomic E-state index is 0.0470. The molecule has 1 heterocycles. The fraction of sp³-hybridized carbons (Fsp3) is 0.150. The Balaban J connectivity index is 1.38. The van der Waals surface area contributed by atoms with Gasteiger partial charge >= 0.3 is 0 Å². The Kier molecular flexibility index (Phi) is 6.04. The van der Waals surface area contributed by atoms with Gasteiger partial charge in [0.15, 0.2) is 0 Å². The SMILES string of the molecule is O=C(NNc1ccc(S(=O)(=O)NC2CC2)cc1)c1ccc(-c2cc(Cl)cc(Cl)c2)s1. The lowest BCUT2D eigenvalue weighted by Gasteiger charge is -2.09. The van der Waals surface area contributed by atoms with Crippen LogP contribution in [0.5, 0.6) is 0 Å². The van der Waals surface area contributed by atoms with Gasteiger partial charge in [0.1, 0.15) is 0 Å². The predicted octanol–water partition coefficient (Wildman–Crippen LogP) is 4.92. The Bertz CT molecular complexity index is 1170. The summed E-state index contributed by atoms with van der Waals surface area (Å²) < 4.78 is 27.0. The van der Waals surface area contributed by atoms with E-state index in [2.05, 4.69) is 15.6 Å². The molecule has 1 aliphatic carbocycles. The monoisotopic (exact) mass is 481 g/mol. The smallest absolute Gasteiger partial charge is 0.279 e. The van der Waals surface area contributed by atoms with Crippen LogP contribution in [0.2, 0.25) is 10.0 Å². The first kappa shape index (κ1) is 21.1. The average Bonchev–Trinajstić information content (AvgIpc) is 3.35. The quantitative estimate of drug-likeness (QED) is 0.418. The van der Waals surface area contributed by atoms with Gasteiger partial charge in [-0.25, -0.2) is 13.1 Å². The van der Waals surface area contributed by atoms with Gasteiger partial charge in [0.25, 0.3) is 5.91 Å². The van der Waals surface area contributed by atoms with Crippen molar-refractivity contribution in [2.75, 3.05) is 5.43 Å². The van der Waals surface area contributed by atoms with E-state index in [0.717, 1.165) is 23.3 Å². The molecule has 6 nitrogen and oxygen atoms in total. The maximum atomic E-state index is 12.4. The zero-order chi connectivity index (χ0) is 21.3. The summed E-state index contributed by atoms with van der Waals surface area (Å²) in [5.74, 6) is -0.313. The van der Waals surface area contributed by atoms with Crippen LogP contribution in [0.4, 0.5) is 5.69 Å². The van der Waals surface area contributed by atoms with Crippen LogP contribution in [0.3, 0.4) is 0 Å². The van der Waals surface area contributed by atoms with Crippen LogP contribution >= 0.6 is 34.5 Å². The Hall–Kier alpha value is -2.10. The molecular weight excluding hydrogens is 465 g/mol. The third-order valence-corrected chi connectivity index (χ3v) is 7.47. The Morgan fingerprint density at radius 3 is 2.27 bits per heavy atom. The number of rotatable bonds is 7. The second-order valence-electron chi connectivity index (χ2n) is 6.82. The first-order valence-corrected chi connectivity index (χ1v) is 12.1. The molecule has 0 aliphatic heterocycles. The van der Waals surface area contributed by atoms with Crippen molar-refractivity contribution in [3.05, 3.63) is 69.5 Å². The molecule has 2 aromatic carbocycles. The molecule has 156 valence electrons. The number of halogens is 2. The summed E-state index contributed by atoms with van der Waals surface area (Å²) in [6, 6.07) is 15.0. The third-order valence-electron chi connectivity index (χ3n) is 4.36. The summed E-state index contributed by atoms with van der Waals surface area (Å²) in [7, 11) is -3.50. The van der Waals surface area contributed by atoms with Crippen LogP contribution in [0.1, 0.15) is 22.5 Å². The van der Waals surface area contributed by atoms with E-state index < -0.39 is 10.0 Å². The molecule has 4 rings (SSSR count). The van der Waals surface area contributed by atoms with E-state index >= 15 is 0 Å². The summed E-state index contributed by atoms with van der Waals surface area (Å²) in [5.41, 5.74) is 6.80. The zero-order valence-electron chi connectivity index (χ0n) is 15.5. The molecule has 1 aromatic heterocycles. The van der Waals surface area contributed by atoms with Crippen molar-refractivity contribution < 1.29 is 13.2 Å². The highest BCUT2D eigenvalue weighted by molar-refractivity contribution is 7.89. The third kappa shape index (κ3) is 5.14. The highest BCUT2D eigenvalue weighted by Gasteiger charge is 2.27. The molecule has 1 amide bonds. The number of hydrazine groups is 1. The Morgan fingerprint density at radius 1 is 0.967 bits per heavy atom. The van der Waals surface area contributed by atoms with Crippen LogP contribution in [-0.2, 0) is 10.0 Å². The summed E-state index contributed by atoms with van der Waals surface area (Å²) >= 11 is 13.4. The molecule has 1 aliphatic rings. The van der Waals surface area contributed by atoms with Gasteiger partial charge in [-0.3, -0.25) is 15.6 Å². The molecule has 0 bridgehead atoms. The number of anilines is 1. The first-order valence-electron chi connectivity index (χ1n) is 9.05. The number of sulfonamides is 1. The molecule has 0 spiro atoms. The summed E-state index contributed by atoms with van der Waals surface area (Å²) in [6.45, 7) is 0. The molecule has 3 N–H and O–H groups in total. The lowest BCUT2D eigenvalue weighted by atomic mass is 10.2. The maximum absolute atomic E-state index is 12.4. The van der Waals surface area contributed by atoms with Gasteiger partial charge in [0.2, 0.25) is 10.0 Å². The van der Waals surface area contributed by atoms with Crippen LogP contribution in [0, 0.1) is 0 Å². The minimum Gasteiger partial charge on any atom is -0.298 e. The molecule has 1 saturated carbocycles. The highest BCUT2D eigenvalue weighted by Crippen LogP contribution is 2.32. The molecule has 30 heavy (non-hydrogen) atoms. The fourth-order valence-electron chi connectivity index (χ4n) is 2.71. The van der Waals surface area contributed by atoms with Gasteiger partial charge < -0.3 is 0 Å². The predicted molar refractivity (Wildman–Crippen MR) is 121 cm³/mol. The van der Waals surface area contributed by atoms with E-state index in [-0.39, 0.29) is 16.8 Å². The van der Waals surface area contributed by atoms with Crippen molar-refractivity contribution in [3.63, 3.8) is 0 Å². The molecular formula is C20H17Cl2N3O3S2. The lowest BCUT2D eigenvalue weighted by Crippen LogP contribution is -2.28. The van der Waals surface area contributed by atoms with Crippen molar-refractivity contribution in [2.45, 2.75) is 23.8 Å². The maximum Gasteiger partial charge on any atom is 0.279 e. The molecule has 1 fully saturated rings. The molecule has 3 aromatic rings. The Morgan fingerprint density at radius 2 is 1.63 bits per heavy atom. The van der Waals surface area contributed by atoms with Gasteiger partial charge in [0, 0.05) is 21.0 Å². The number of nitrogens with one attached hydrogen (secondary N) is 3. The van der Waals surface area contributed by atoms with E-state index in [0.29, 0.717) is 20.6 Å². The number of hydrogen-bond donors (Lipinski definition) is 3. The standard InChI is InChI=1S/C20H17Cl2N3O3S2/c21-13-9-12(10-14(22)11-13)18-7-8-19(29-18)20(26)24-23-15-3-5-17(6-4-15)30(27,28)25-16-1-2-16/h3-11,16,23,25H,1-2H2,(H,24,26). The first-order chi connectivity index (χ1) is 14.3. The average molecular weight is 482 g/mol. The van der Waals surface area contributed by atoms with Gasteiger partial charge in [-0.1, -0.05) is 23.2 Å². The number of benzene rings is 2. The summed E-state index contributed by atoms with van der Waals surface area (Å²) in [4.78, 5) is 14.0. The molecule has 0 unspecified atom stereocenters. The van der Waals surface area contributed by atoms with Gasteiger partial charge in [0.05, 0.1) is 15.5 Å². The Labute approximate surface area is 188 Å². The number of carbonyl (C=O) groups is 1. The van der Waals surface area contributed by atoms with Crippen molar-refractivity contribution in [1.29, 1.82) is 0 Å². The second kappa shape index (κ2) is 8.56. The van der Waals surface area contributed by atoms with E-state index in [9.17, 15) is 13.2 Å². The van der Waals surface area contributed by atoms with Crippen LogP contribution < -0.4 is 15.6 Å². The van der Waals surface area contributed by atoms with E-state index in [1.807, 2.05) is 6.07 Å². The van der Waals surface area contributed by atoms with E-state index in [1.165, 1.54) is 23.5 Å². The molecule has 10 heteroatoms. The summed E-state index contributed by atoms with van der Waals surface area (Å²) in [6.07, 6.45) is 1.75. The summed E-state index contributed by atoms with van der Waals surface area (Å²) in [5, 5.41) is 1.05. The number of carbonyl (C=O) groups excluding carboxylic acids is 1. The number of thiophene rings is 1. The highest BCUT2D eigenvalue weighted by atomic mass is 35.5. The van der Waals surface area contributed by atoms with Crippen molar-refractivity contribution in [3.8, 4) is 10.4 Å². The van der Waals surface area contributed by atoms with Crippen LogP contribution in [-0.4, -0.2) is 20.4 Å². The van der Waals surface area contributed by atoms with Gasteiger partial charge in [-0.2, -0.15) is 0 Å². The lowest BCUT2D eigenvalue weighted by molar-refractivity contribution is 0.0966. The topological polar surface area (TPSA) is 87.3 Å². The van der Waals surface area contributed by atoms with Crippen LogP contribution in [0.15, 0.2) is 59.5 Å². The molecule has 0 saturated heterocycles. The number of hydrogen-bond acceptors (Lipinski definition) is 5. The normalized spacial score (nSPS) is 13.8. The zero-order valence-corrected chi connectivity index (χ0v) is 18.6. The van der Waals surface area contributed by atoms with Gasteiger partial charge in [-0.15, -0.1) is 11.3 Å². The molecule has 0 atom stereocenters. The largest absolute Gasteiger partial charge is 0.298 e. The fourth-order valence-corrected chi connectivity index (χ4v) is 5.43. The second-order valence-corrected chi connectivity index (χ2v) is 10.5. The van der Waals surface area contributed by atoms with E-state index in [4.69, 9.17) is 23.2 Å².